The lowest BCUT2D eigenvalue weighted by molar-refractivity contribution is 0.201. The van der Waals surface area contributed by atoms with E-state index in [-0.39, 0.29) is 24.4 Å². The highest BCUT2D eigenvalue weighted by Gasteiger charge is 2.18. The number of halogens is 1. The molecule has 0 spiro atoms. The normalized spacial score (nSPS) is 10.8. The fourth-order valence-corrected chi connectivity index (χ4v) is 2.62. The van der Waals surface area contributed by atoms with Crippen LogP contribution in [0.1, 0.15) is 0 Å². The van der Waals surface area contributed by atoms with Crippen LogP contribution < -0.4 is 14.9 Å². The van der Waals surface area contributed by atoms with Crippen molar-refractivity contribution >= 4 is 22.6 Å². The molecule has 3 rings (SSSR count). The quantitative estimate of drug-likeness (QED) is 0.765. The van der Waals surface area contributed by atoms with Gasteiger partial charge in [0.05, 0.1) is 24.1 Å². The van der Waals surface area contributed by atoms with Crippen molar-refractivity contribution in [3.63, 3.8) is 0 Å². The first-order valence-electron chi connectivity index (χ1n) is 7.29. The first kappa shape index (κ1) is 16.4. The summed E-state index contributed by atoms with van der Waals surface area (Å²) < 4.78 is 16.4. The van der Waals surface area contributed by atoms with Crippen LogP contribution in [0.15, 0.2) is 51.7 Å². The second-order valence-electron chi connectivity index (χ2n) is 5.01. The Morgan fingerprint density at radius 2 is 1.92 bits per heavy atom. The van der Waals surface area contributed by atoms with Gasteiger partial charge in [-0.25, -0.2) is 0 Å². The number of aliphatic hydroxyl groups excluding tert-OH is 1. The number of benzene rings is 2. The van der Waals surface area contributed by atoms with Gasteiger partial charge >= 0.3 is 0 Å². The van der Waals surface area contributed by atoms with E-state index in [1.807, 2.05) is 0 Å². The van der Waals surface area contributed by atoms with Crippen LogP contribution >= 0.6 is 11.6 Å². The number of rotatable bonds is 5. The third kappa shape index (κ3) is 2.96. The maximum absolute atomic E-state index is 12.6. The molecular formula is C18H15ClO5. The summed E-state index contributed by atoms with van der Waals surface area (Å²) in [5, 5.41) is 9.51. The van der Waals surface area contributed by atoms with Gasteiger partial charge < -0.3 is 19.0 Å². The van der Waals surface area contributed by atoms with Gasteiger partial charge in [-0.15, -0.1) is 0 Å². The van der Waals surface area contributed by atoms with E-state index in [4.69, 9.17) is 30.6 Å². The zero-order chi connectivity index (χ0) is 17.1. The van der Waals surface area contributed by atoms with Gasteiger partial charge in [-0.3, -0.25) is 4.79 Å². The minimum absolute atomic E-state index is 0.0619. The van der Waals surface area contributed by atoms with E-state index in [1.165, 1.54) is 7.11 Å². The monoisotopic (exact) mass is 346 g/mol. The predicted octanol–water partition coefficient (Wildman–Crippen LogP) is 3.49. The molecule has 1 N–H and O–H groups in total. The summed E-state index contributed by atoms with van der Waals surface area (Å²) in [4.78, 5) is 12.6. The highest BCUT2D eigenvalue weighted by molar-refractivity contribution is 6.34. The van der Waals surface area contributed by atoms with Crippen molar-refractivity contribution in [2.75, 3.05) is 20.3 Å². The smallest absolute Gasteiger partial charge is 0.235 e. The molecule has 0 fully saturated rings. The molecule has 0 bridgehead atoms. The van der Waals surface area contributed by atoms with Gasteiger partial charge in [0, 0.05) is 5.56 Å². The lowest BCUT2D eigenvalue weighted by Crippen LogP contribution is -2.07. The molecule has 2 aromatic carbocycles. The summed E-state index contributed by atoms with van der Waals surface area (Å²) in [6.07, 6.45) is 0. The maximum Gasteiger partial charge on any atom is 0.235 e. The van der Waals surface area contributed by atoms with Gasteiger partial charge in [0.1, 0.15) is 12.4 Å². The number of ether oxygens (including phenoxy) is 2. The Bertz CT molecular complexity index is 915. The van der Waals surface area contributed by atoms with E-state index in [9.17, 15) is 4.79 Å². The van der Waals surface area contributed by atoms with Crippen LogP contribution in [0.4, 0.5) is 0 Å². The van der Waals surface area contributed by atoms with Gasteiger partial charge in [-0.2, -0.15) is 0 Å². The second kappa shape index (κ2) is 6.95. The van der Waals surface area contributed by atoms with Gasteiger partial charge in [-0.1, -0.05) is 17.7 Å². The molecule has 0 amide bonds. The fourth-order valence-electron chi connectivity index (χ4n) is 2.41. The SMILES string of the molecule is COc1c(-c2ccc(OCCO)cc2)oc2c(Cl)cccc2c1=O. The van der Waals surface area contributed by atoms with E-state index < -0.39 is 0 Å². The molecule has 1 heterocycles. The highest BCUT2D eigenvalue weighted by atomic mass is 35.5. The number of para-hydroxylation sites is 1. The van der Waals surface area contributed by atoms with E-state index >= 15 is 0 Å². The number of hydrogen-bond acceptors (Lipinski definition) is 5. The minimum atomic E-state index is -0.281. The highest BCUT2D eigenvalue weighted by Crippen LogP contribution is 2.33. The lowest BCUT2D eigenvalue weighted by atomic mass is 10.1. The fraction of sp³-hybridized carbons (Fsp3) is 0.167. The molecule has 0 aliphatic heterocycles. The Kier molecular flexibility index (Phi) is 4.74. The van der Waals surface area contributed by atoms with Crippen LogP contribution in [0.2, 0.25) is 5.02 Å². The topological polar surface area (TPSA) is 68.9 Å². The first-order valence-corrected chi connectivity index (χ1v) is 7.67. The second-order valence-corrected chi connectivity index (χ2v) is 5.41. The number of methoxy groups -OCH3 is 1. The molecule has 0 radical (unpaired) electrons. The lowest BCUT2D eigenvalue weighted by Gasteiger charge is -2.10. The maximum atomic E-state index is 12.6. The number of aliphatic hydroxyl groups is 1. The van der Waals surface area contributed by atoms with Crippen molar-refractivity contribution in [2.45, 2.75) is 0 Å². The minimum Gasteiger partial charge on any atom is -0.491 e. The van der Waals surface area contributed by atoms with Crippen LogP contribution in [0.3, 0.4) is 0 Å². The summed E-state index contributed by atoms with van der Waals surface area (Å²) in [6.45, 7) is 0.150. The van der Waals surface area contributed by atoms with Crippen LogP contribution in [-0.4, -0.2) is 25.4 Å². The Balaban J connectivity index is 2.14. The predicted molar refractivity (Wildman–Crippen MR) is 92.1 cm³/mol. The molecule has 0 saturated heterocycles. The average molecular weight is 347 g/mol. The molecule has 0 aliphatic carbocycles. The Hall–Kier alpha value is -2.50. The Labute approximate surface area is 143 Å². The Morgan fingerprint density at radius 3 is 2.58 bits per heavy atom. The molecule has 0 atom stereocenters. The molecule has 24 heavy (non-hydrogen) atoms. The molecule has 6 heteroatoms. The van der Waals surface area contributed by atoms with Crippen LogP contribution in [0, 0.1) is 0 Å². The van der Waals surface area contributed by atoms with E-state index in [0.717, 1.165) is 0 Å². The average Bonchev–Trinajstić information content (AvgIpc) is 2.61. The van der Waals surface area contributed by atoms with Gasteiger partial charge in [0.25, 0.3) is 0 Å². The third-order valence-electron chi connectivity index (χ3n) is 3.51. The third-order valence-corrected chi connectivity index (χ3v) is 3.81. The van der Waals surface area contributed by atoms with E-state index in [0.29, 0.717) is 33.1 Å². The van der Waals surface area contributed by atoms with E-state index in [2.05, 4.69) is 0 Å². The largest absolute Gasteiger partial charge is 0.491 e. The van der Waals surface area contributed by atoms with E-state index in [1.54, 1.807) is 42.5 Å². The summed E-state index contributed by atoms with van der Waals surface area (Å²) in [6, 6.07) is 11.9. The molecule has 0 unspecified atom stereocenters. The van der Waals surface area contributed by atoms with Crippen LogP contribution in [0.25, 0.3) is 22.3 Å². The molecule has 5 nitrogen and oxygen atoms in total. The zero-order valence-corrected chi connectivity index (χ0v) is 13.7. The molecular weight excluding hydrogens is 332 g/mol. The number of fused-ring (bicyclic) bond motifs is 1. The van der Waals surface area contributed by atoms with Crippen molar-refractivity contribution in [3.05, 3.63) is 57.7 Å². The molecule has 1 aromatic heterocycles. The first-order chi connectivity index (χ1) is 11.7. The summed E-state index contributed by atoms with van der Waals surface area (Å²) >= 11 is 6.15. The summed E-state index contributed by atoms with van der Waals surface area (Å²) in [5.74, 6) is 1.03. The van der Waals surface area contributed by atoms with Crippen molar-refractivity contribution in [1.29, 1.82) is 0 Å². The zero-order valence-electron chi connectivity index (χ0n) is 12.9. The van der Waals surface area contributed by atoms with Crippen molar-refractivity contribution in [1.82, 2.24) is 0 Å². The van der Waals surface area contributed by atoms with Gasteiger partial charge in [0.2, 0.25) is 11.2 Å². The Morgan fingerprint density at radius 1 is 1.17 bits per heavy atom. The molecule has 124 valence electrons. The van der Waals surface area contributed by atoms with Crippen molar-refractivity contribution < 1.29 is 19.0 Å². The van der Waals surface area contributed by atoms with Gasteiger partial charge in [0.15, 0.2) is 11.3 Å². The molecule has 3 aromatic rings. The number of hydrogen-bond donors (Lipinski definition) is 1. The summed E-state index contributed by atoms with van der Waals surface area (Å²) in [5.41, 5.74) is 0.694. The van der Waals surface area contributed by atoms with Crippen molar-refractivity contribution in [3.8, 4) is 22.8 Å². The molecule has 0 saturated carbocycles. The van der Waals surface area contributed by atoms with Crippen molar-refractivity contribution in [2.24, 2.45) is 0 Å². The van der Waals surface area contributed by atoms with Crippen LogP contribution in [-0.2, 0) is 0 Å². The molecule has 0 aliphatic rings. The summed E-state index contributed by atoms with van der Waals surface area (Å²) in [7, 11) is 1.42. The van der Waals surface area contributed by atoms with Crippen LogP contribution in [0.5, 0.6) is 11.5 Å². The standard InChI is InChI=1S/C18H15ClO5/c1-22-18-15(21)13-3-2-4-14(19)17(13)24-16(18)11-5-7-12(8-6-11)23-10-9-20/h2-8,20H,9-10H2,1H3. The van der Waals surface area contributed by atoms with Gasteiger partial charge in [-0.05, 0) is 36.4 Å².